The fourth-order valence-corrected chi connectivity index (χ4v) is 3.28. The second-order valence-electron chi connectivity index (χ2n) is 6.86. The van der Waals surface area contributed by atoms with Crippen molar-refractivity contribution in [3.05, 3.63) is 93.0 Å². The molecular weight excluding hydrogens is 463 g/mol. The van der Waals surface area contributed by atoms with Crippen molar-refractivity contribution < 1.29 is 19.1 Å². The van der Waals surface area contributed by atoms with Crippen LogP contribution >= 0.6 is 23.2 Å². The van der Waals surface area contributed by atoms with Crippen molar-refractivity contribution in [3.8, 4) is 17.6 Å². The number of carbonyl (C=O) groups excluding carboxylic acids is 2. The summed E-state index contributed by atoms with van der Waals surface area (Å²) in [6.45, 7) is 1.80. The summed E-state index contributed by atoms with van der Waals surface area (Å²) < 4.78 is 10.7. The summed E-state index contributed by atoms with van der Waals surface area (Å²) in [5.74, 6) is -0.749. The van der Waals surface area contributed by atoms with Gasteiger partial charge in [-0.15, -0.1) is 0 Å². The molecule has 0 saturated heterocycles. The number of rotatable bonds is 6. The fourth-order valence-electron chi connectivity index (χ4n) is 2.89. The molecule has 8 heteroatoms. The molecule has 0 saturated carbocycles. The molecule has 33 heavy (non-hydrogen) atoms. The van der Waals surface area contributed by atoms with Crippen LogP contribution in [0.15, 0.2) is 66.2 Å². The molecule has 1 amide bonds. The normalized spacial score (nSPS) is 10.8. The Morgan fingerprint density at radius 1 is 1.03 bits per heavy atom. The van der Waals surface area contributed by atoms with E-state index in [1.54, 1.807) is 61.5 Å². The number of benzene rings is 3. The summed E-state index contributed by atoms with van der Waals surface area (Å²) >= 11 is 12.0. The summed E-state index contributed by atoms with van der Waals surface area (Å²) in [6.07, 6.45) is 1.40. The Hall–Kier alpha value is -3.79. The number of anilines is 1. The summed E-state index contributed by atoms with van der Waals surface area (Å²) in [4.78, 5) is 25.0. The van der Waals surface area contributed by atoms with Crippen LogP contribution in [-0.4, -0.2) is 19.0 Å². The number of para-hydroxylation sites is 1. The van der Waals surface area contributed by atoms with Gasteiger partial charge in [0, 0.05) is 5.02 Å². The Morgan fingerprint density at radius 2 is 1.76 bits per heavy atom. The first-order valence-corrected chi connectivity index (χ1v) is 10.4. The van der Waals surface area contributed by atoms with Crippen LogP contribution in [0.5, 0.6) is 11.5 Å². The quantitative estimate of drug-likeness (QED) is 0.200. The van der Waals surface area contributed by atoms with Crippen molar-refractivity contribution in [2.24, 2.45) is 0 Å². The summed E-state index contributed by atoms with van der Waals surface area (Å²) in [5.41, 5.74) is 1.89. The third-order valence-electron chi connectivity index (χ3n) is 4.61. The Morgan fingerprint density at radius 3 is 2.39 bits per heavy atom. The molecule has 0 radical (unpaired) electrons. The number of amides is 1. The van der Waals surface area contributed by atoms with Crippen LogP contribution in [0.1, 0.15) is 21.5 Å². The average molecular weight is 481 g/mol. The van der Waals surface area contributed by atoms with Gasteiger partial charge in [-0.05, 0) is 66.6 Å². The van der Waals surface area contributed by atoms with Crippen LogP contribution in [-0.2, 0) is 4.79 Å². The number of hydrogen-bond donors (Lipinski definition) is 1. The highest BCUT2D eigenvalue weighted by molar-refractivity contribution is 6.34. The predicted octanol–water partition coefficient (Wildman–Crippen LogP) is 6.08. The zero-order valence-electron chi connectivity index (χ0n) is 17.7. The van der Waals surface area contributed by atoms with Crippen molar-refractivity contribution >= 4 is 46.8 Å². The molecule has 166 valence electrons. The number of nitrogens with zero attached hydrogens (tertiary/aromatic N) is 1. The van der Waals surface area contributed by atoms with Gasteiger partial charge in [-0.25, -0.2) is 4.79 Å². The Kier molecular flexibility index (Phi) is 7.73. The van der Waals surface area contributed by atoms with Gasteiger partial charge < -0.3 is 14.8 Å². The van der Waals surface area contributed by atoms with Gasteiger partial charge in [-0.2, -0.15) is 5.26 Å². The van der Waals surface area contributed by atoms with Gasteiger partial charge in [0.05, 0.1) is 23.4 Å². The van der Waals surface area contributed by atoms with Gasteiger partial charge in [-0.3, -0.25) is 4.79 Å². The molecule has 0 fully saturated rings. The number of aryl methyl sites for hydroxylation is 1. The lowest BCUT2D eigenvalue weighted by atomic mass is 10.1. The Bertz CT molecular complexity index is 1260. The lowest BCUT2D eigenvalue weighted by molar-refractivity contribution is -0.112. The van der Waals surface area contributed by atoms with Crippen LogP contribution < -0.4 is 14.8 Å². The van der Waals surface area contributed by atoms with Crippen molar-refractivity contribution in [1.29, 1.82) is 5.26 Å². The summed E-state index contributed by atoms with van der Waals surface area (Å²) in [6, 6.07) is 18.0. The summed E-state index contributed by atoms with van der Waals surface area (Å²) in [5, 5.41) is 13.0. The third kappa shape index (κ3) is 5.92. The monoisotopic (exact) mass is 480 g/mol. The van der Waals surface area contributed by atoms with Crippen LogP contribution in [0, 0.1) is 18.3 Å². The molecule has 0 bridgehead atoms. The molecule has 0 aromatic heterocycles. The molecule has 0 aliphatic rings. The van der Waals surface area contributed by atoms with E-state index in [-0.39, 0.29) is 17.1 Å². The standard InChI is InChI=1S/C25H18Cl2N2O4/c1-15-4-3-5-20(27)23(15)29-24(30)18(14-28)12-16-6-11-21(22(13-16)32-2)33-25(31)17-7-9-19(26)10-8-17/h3-13H,1-2H3,(H,29,30)/b18-12+. The molecule has 6 nitrogen and oxygen atoms in total. The zero-order chi connectivity index (χ0) is 24.0. The molecule has 3 aromatic rings. The SMILES string of the molecule is COc1cc(/C=C(\C#N)C(=O)Nc2c(C)cccc2Cl)ccc1OC(=O)c1ccc(Cl)cc1. The van der Waals surface area contributed by atoms with E-state index >= 15 is 0 Å². The maximum atomic E-state index is 12.6. The van der Waals surface area contributed by atoms with Gasteiger partial charge in [-0.1, -0.05) is 41.4 Å². The molecule has 3 aromatic carbocycles. The maximum Gasteiger partial charge on any atom is 0.343 e. The average Bonchev–Trinajstić information content (AvgIpc) is 2.81. The van der Waals surface area contributed by atoms with Crippen molar-refractivity contribution in [2.45, 2.75) is 6.92 Å². The van der Waals surface area contributed by atoms with Crippen LogP contribution in [0.25, 0.3) is 6.08 Å². The molecule has 0 atom stereocenters. The smallest absolute Gasteiger partial charge is 0.343 e. The second kappa shape index (κ2) is 10.7. The maximum absolute atomic E-state index is 12.6. The van der Waals surface area contributed by atoms with Gasteiger partial charge in [0.15, 0.2) is 11.5 Å². The Balaban J connectivity index is 1.82. The number of methoxy groups -OCH3 is 1. The summed E-state index contributed by atoms with van der Waals surface area (Å²) in [7, 11) is 1.42. The van der Waals surface area contributed by atoms with Crippen LogP contribution in [0.4, 0.5) is 5.69 Å². The third-order valence-corrected chi connectivity index (χ3v) is 5.17. The van der Waals surface area contributed by atoms with Crippen LogP contribution in [0.3, 0.4) is 0 Å². The molecular formula is C25H18Cl2N2O4. The van der Waals surface area contributed by atoms with E-state index < -0.39 is 11.9 Å². The Labute approximate surface area is 201 Å². The number of hydrogen-bond acceptors (Lipinski definition) is 5. The van der Waals surface area contributed by atoms with Gasteiger partial charge >= 0.3 is 5.97 Å². The van der Waals surface area contributed by atoms with Gasteiger partial charge in [0.25, 0.3) is 5.91 Å². The molecule has 0 heterocycles. The highest BCUT2D eigenvalue weighted by Crippen LogP contribution is 2.30. The van der Waals surface area contributed by atoms with E-state index in [1.807, 2.05) is 6.07 Å². The van der Waals surface area contributed by atoms with E-state index in [9.17, 15) is 14.9 Å². The molecule has 3 rings (SSSR count). The first-order chi connectivity index (χ1) is 15.8. The molecule has 0 aliphatic carbocycles. The topological polar surface area (TPSA) is 88.4 Å². The van der Waals surface area contributed by atoms with Crippen molar-refractivity contribution in [3.63, 3.8) is 0 Å². The molecule has 0 spiro atoms. The largest absolute Gasteiger partial charge is 0.493 e. The van der Waals surface area contributed by atoms with Crippen LogP contribution in [0.2, 0.25) is 10.0 Å². The number of esters is 1. The minimum absolute atomic E-state index is 0.137. The molecule has 0 unspecified atom stereocenters. The van der Waals surface area contributed by atoms with E-state index in [1.165, 1.54) is 19.3 Å². The zero-order valence-corrected chi connectivity index (χ0v) is 19.2. The lowest BCUT2D eigenvalue weighted by Crippen LogP contribution is -2.14. The van der Waals surface area contributed by atoms with Gasteiger partial charge in [0.1, 0.15) is 11.6 Å². The van der Waals surface area contributed by atoms with Crippen molar-refractivity contribution in [2.75, 3.05) is 12.4 Å². The number of carbonyl (C=O) groups is 2. The highest BCUT2D eigenvalue weighted by Gasteiger charge is 2.15. The lowest BCUT2D eigenvalue weighted by Gasteiger charge is -2.11. The minimum atomic E-state index is -0.606. The number of nitriles is 1. The fraction of sp³-hybridized carbons (Fsp3) is 0.0800. The predicted molar refractivity (Wildman–Crippen MR) is 128 cm³/mol. The van der Waals surface area contributed by atoms with E-state index in [0.29, 0.717) is 26.9 Å². The number of nitrogens with one attached hydrogen (secondary N) is 1. The minimum Gasteiger partial charge on any atom is -0.493 e. The van der Waals surface area contributed by atoms with Gasteiger partial charge in [0.2, 0.25) is 0 Å². The van der Waals surface area contributed by atoms with E-state index in [0.717, 1.165) is 5.56 Å². The first-order valence-electron chi connectivity index (χ1n) is 9.66. The molecule has 0 aliphatic heterocycles. The van der Waals surface area contributed by atoms with Crippen molar-refractivity contribution in [1.82, 2.24) is 0 Å². The molecule has 1 N–H and O–H groups in total. The second-order valence-corrected chi connectivity index (χ2v) is 7.71. The first kappa shape index (κ1) is 23.9. The highest BCUT2D eigenvalue weighted by atomic mass is 35.5. The number of halogens is 2. The van der Waals surface area contributed by atoms with E-state index in [2.05, 4.69) is 5.32 Å². The van der Waals surface area contributed by atoms with E-state index in [4.69, 9.17) is 32.7 Å². The number of ether oxygens (including phenoxy) is 2.